The van der Waals surface area contributed by atoms with E-state index in [-0.39, 0.29) is 18.1 Å². The third-order valence-electron chi connectivity index (χ3n) is 4.35. The van der Waals surface area contributed by atoms with Gasteiger partial charge in [0.05, 0.1) is 17.7 Å². The van der Waals surface area contributed by atoms with Gasteiger partial charge in [-0.3, -0.25) is 4.79 Å². The van der Waals surface area contributed by atoms with Crippen molar-refractivity contribution in [3.05, 3.63) is 0 Å². The second-order valence-corrected chi connectivity index (χ2v) is 5.70. The Morgan fingerprint density at radius 1 is 1.35 bits per heavy atom. The van der Waals surface area contributed by atoms with Crippen LogP contribution >= 0.6 is 0 Å². The van der Waals surface area contributed by atoms with E-state index in [0.717, 1.165) is 45.1 Å². The lowest BCUT2D eigenvalue weighted by molar-refractivity contribution is -0.141. The lowest BCUT2D eigenvalue weighted by Crippen LogP contribution is -2.57. The SMILES string of the molecule is CN(C(=O)C1(C)CCCN1)C1CCCCC1O. The van der Waals surface area contributed by atoms with Crippen LogP contribution in [-0.4, -0.2) is 47.2 Å². The molecular weight excluding hydrogens is 216 g/mol. The summed E-state index contributed by atoms with van der Waals surface area (Å²) < 4.78 is 0. The third-order valence-corrected chi connectivity index (χ3v) is 4.35. The van der Waals surface area contributed by atoms with Crippen molar-refractivity contribution in [1.29, 1.82) is 0 Å². The Morgan fingerprint density at radius 2 is 2.06 bits per heavy atom. The molecular formula is C13H24N2O2. The molecule has 0 aromatic heterocycles. The van der Waals surface area contributed by atoms with Crippen LogP contribution < -0.4 is 5.32 Å². The molecule has 4 heteroatoms. The summed E-state index contributed by atoms with van der Waals surface area (Å²) in [7, 11) is 1.84. The number of rotatable bonds is 2. The van der Waals surface area contributed by atoms with E-state index in [4.69, 9.17) is 0 Å². The summed E-state index contributed by atoms with van der Waals surface area (Å²) in [6, 6.07) is 0.00970. The Morgan fingerprint density at radius 3 is 2.65 bits per heavy atom. The molecule has 4 nitrogen and oxygen atoms in total. The van der Waals surface area contributed by atoms with Crippen LogP contribution in [0.25, 0.3) is 0 Å². The van der Waals surface area contributed by atoms with Gasteiger partial charge in [0.1, 0.15) is 0 Å². The zero-order chi connectivity index (χ0) is 12.5. The Balaban J connectivity index is 2.03. The molecule has 1 saturated heterocycles. The van der Waals surface area contributed by atoms with Crippen molar-refractivity contribution in [3.8, 4) is 0 Å². The van der Waals surface area contributed by atoms with Gasteiger partial charge in [0, 0.05) is 7.05 Å². The molecule has 0 aromatic carbocycles. The number of aliphatic hydroxyl groups is 1. The zero-order valence-electron chi connectivity index (χ0n) is 10.9. The minimum absolute atomic E-state index is 0.00970. The Kier molecular flexibility index (Phi) is 3.73. The van der Waals surface area contributed by atoms with Gasteiger partial charge in [-0.05, 0) is 39.2 Å². The van der Waals surface area contributed by atoms with Crippen molar-refractivity contribution < 1.29 is 9.90 Å². The quantitative estimate of drug-likeness (QED) is 0.753. The molecule has 1 heterocycles. The molecule has 0 bridgehead atoms. The number of amides is 1. The fourth-order valence-corrected chi connectivity index (χ4v) is 3.16. The molecule has 0 spiro atoms. The first-order chi connectivity index (χ1) is 8.04. The van der Waals surface area contributed by atoms with Gasteiger partial charge in [-0.15, -0.1) is 0 Å². The van der Waals surface area contributed by atoms with Crippen molar-refractivity contribution in [3.63, 3.8) is 0 Å². The number of carbonyl (C=O) groups is 1. The highest BCUT2D eigenvalue weighted by molar-refractivity contribution is 5.86. The number of aliphatic hydroxyl groups excluding tert-OH is 1. The van der Waals surface area contributed by atoms with Gasteiger partial charge < -0.3 is 15.3 Å². The predicted octanol–water partition coefficient (Wildman–Crippen LogP) is 0.890. The molecule has 2 fully saturated rings. The summed E-state index contributed by atoms with van der Waals surface area (Å²) in [5, 5.41) is 13.3. The van der Waals surface area contributed by atoms with Gasteiger partial charge in [0.25, 0.3) is 0 Å². The summed E-state index contributed by atoms with van der Waals surface area (Å²) in [5.41, 5.74) is -0.411. The second kappa shape index (κ2) is 4.94. The Labute approximate surface area is 103 Å². The third kappa shape index (κ3) is 2.47. The smallest absolute Gasteiger partial charge is 0.242 e. The van der Waals surface area contributed by atoms with E-state index in [1.54, 1.807) is 4.90 Å². The molecule has 2 N–H and O–H groups in total. The van der Waals surface area contributed by atoms with E-state index < -0.39 is 5.54 Å². The summed E-state index contributed by atoms with van der Waals surface area (Å²) in [6.45, 7) is 2.90. The molecule has 0 radical (unpaired) electrons. The van der Waals surface area contributed by atoms with Gasteiger partial charge in [0.15, 0.2) is 0 Å². The minimum atomic E-state index is -0.411. The van der Waals surface area contributed by atoms with Gasteiger partial charge in [-0.2, -0.15) is 0 Å². The maximum atomic E-state index is 12.5. The van der Waals surface area contributed by atoms with Crippen LogP contribution in [0, 0.1) is 0 Å². The van der Waals surface area contributed by atoms with E-state index in [1.807, 2.05) is 14.0 Å². The average molecular weight is 240 g/mol. The van der Waals surface area contributed by atoms with E-state index >= 15 is 0 Å². The van der Waals surface area contributed by atoms with Crippen LogP contribution in [0.15, 0.2) is 0 Å². The van der Waals surface area contributed by atoms with Gasteiger partial charge >= 0.3 is 0 Å². The second-order valence-electron chi connectivity index (χ2n) is 5.70. The fraction of sp³-hybridized carbons (Fsp3) is 0.923. The van der Waals surface area contributed by atoms with Crippen LogP contribution in [-0.2, 0) is 4.79 Å². The van der Waals surface area contributed by atoms with Crippen LogP contribution in [0.4, 0.5) is 0 Å². The molecule has 1 saturated carbocycles. The molecule has 2 aliphatic rings. The van der Waals surface area contributed by atoms with Crippen molar-refractivity contribution >= 4 is 5.91 Å². The maximum absolute atomic E-state index is 12.5. The van der Waals surface area contributed by atoms with Crippen LogP contribution in [0.1, 0.15) is 45.4 Å². The van der Waals surface area contributed by atoms with E-state index in [0.29, 0.717) is 0 Å². The number of hydrogen-bond donors (Lipinski definition) is 2. The van der Waals surface area contributed by atoms with E-state index in [9.17, 15) is 9.90 Å². The molecule has 3 unspecified atom stereocenters. The van der Waals surface area contributed by atoms with Crippen molar-refractivity contribution in [1.82, 2.24) is 10.2 Å². The van der Waals surface area contributed by atoms with Gasteiger partial charge in [-0.1, -0.05) is 12.8 Å². The first-order valence-electron chi connectivity index (χ1n) is 6.75. The molecule has 1 amide bonds. The summed E-state index contributed by atoms with van der Waals surface area (Å²) >= 11 is 0. The van der Waals surface area contributed by atoms with Gasteiger partial charge in [0.2, 0.25) is 5.91 Å². The predicted molar refractivity (Wildman–Crippen MR) is 66.7 cm³/mol. The molecule has 3 atom stereocenters. The number of hydrogen-bond acceptors (Lipinski definition) is 3. The van der Waals surface area contributed by atoms with E-state index in [2.05, 4.69) is 5.32 Å². The van der Waals surface area contributed by atoms with Crippen LogP contribution in [0.2, 0.25) is 0 Å². The Bertz CT molecular complexity index is 287. The standard InChI is InChI=1S/C13H24N2O2/c1-13(8-5-9-14-13)12(17)15(2)10-6-3-4-7-11(10)16/h10-11,14,16H,3-9H2,1-2H3. The number of likely N-dealkylation sites (N-methyl/N-ethyl adjacent to an activating group) is 1. The molecule has 2 rings (SSSR count). The molecule has 1 aliphatic carbocycles. The fourth-order valence-electron chi connectivity index (χ4n) is 3.16. The van der Waals surface area contributed by atoms with Crippen molar-refractivity contribution in [2.24, 2.45) is 0 Å². The lowest BCUT2D eigenvalue weighted by atomic mass is 9.89. The molecule has 0 aromatic rings. The zero-order valence-corrected chi connectivity index (χ0v) is 10.9. The van der Waals surface area contributed by atoms with Crippen LogP contribution in [0.3, 0.4) is 0 Å². The lowest BCUT2D eigenvalue weighted by Gasteiger charge is -2.39. The number of nitrogens with zero attached hydrogens (tertiary/aromatic N) is 1. The Hall–Kier alpha value is -0.610. The highest BCUT2D eigenvalue weighted by Gasteiger charge is 2.41. The van der Waals surface area contributed by atoms with Crippen LogP contribution in [0.5, 0.6) is 0 Å². The first kappa shape index (κ1) is 12.8. The molecule has 98 valence electrons. The van der Waals surface area contributed by atoms with Gasteiger partial charge in [-0.25, -0.2) is 0 Å². The number of carbonyl (C=O) groups excluding carboxylic acids is 1. The topological polar surface area (TPSA) is 52.6 Å². The van der Waals surface area contributed by atoms with Crippen molar-refractivity contribution in [2.75, 3.05) is 13.6 Å². The highest BCUT2D eigenvalue weighted by Crippen LogP contribution is 2.27. The van der Waals surface area contributed by atoms with E-state index in [1.165, 1.54) is 0 Å². The summed E-state index contributed by atoms with van der Waals surface area (Å²) in [4.78, 5) is 14.2. The highest BCUT2D eigenvalue weighted by atomic mass is 16.3. The molecule has 1 aliphatic heterocycles. The number of nitrogens with one attached hydrogen (secondary N) is 1. The normalized spacial score (nSPS) is 38.1. The minimum Gasteiger partial charge on any atom is -0.391 e. The summed E-state index contributed by atoms with van der Waals surface area (Å²) in [5.74, 6) is 0.140. The average Bonchev–Trinajstić information content (AvgIpc) is 2.76. The molecule has 17 heavy (non-hydrogen) atoms. The van der Waals surface area contributed by atoms with Crippen molar-refractivity contribution in [2.45, 2.75) is 63.1 Å². The monoisotopic (exact) mass is 240 g/mol. The maximum Gasteiger partial charge on any atom is 0.242 e. The summed E-state index contributed by atoms with van der Waals surface area (Å²) in [6.07, 6.45) is 5.56. The largest absolute Gasteiger partial charge is 0.391 e. The first-order valence-corrected chi connectivity index (χ1v) is 6.75.